The number of hydrogen-bond donors (Lipinski definition) is 0. The van der Waals surface area contributed by atoms with Crippen molar-refractivity contribution in [2.45, 2.75) is 33.3 Å². The minimum Gasteiger partial charge on any atom is -0.550 e. The van der Waals surface area contributed by atoms with Crippen LogP contribution in [-0.2, 0) is 17.8 Å². The first-order valence-electron chi connectivity index (χ1n) is 7.53. The van der Waals surface area contributed by atoms with Crippen molar-refractivity contribution < 1.29 is 19.1 Å². The molecule has 0 atom stereocenters. The van der Waals surface area contributed by atoms with Crippen molar-refractivity contribution in [3.8, 4) is 5.75 Å². The molecule has 9 nitrogen and oxygen atoms in total. The number of rotatable bonds is 6. The molecular formula is C16H14N4O5-2. The van der Waals surface area contributed by atoms with E-state index in [0.29, 0.717) is 33.8 Å². The minimum absolute atomic E-state index is 0.0675. The van der Waals surface area contributed by atoms with Crippen molar-refractivity contribution in [2.75, 3.05) is 0 Å². The maximum Gasteiger partial charge on any atom is 0.339 e. The lowest BCUT2D eigenvalue weighted by Crippen LogP contribution is -2.24. The second-order valence-electron chi connectivity index (χ2n) is 5.51. The Morgan fingerprint density at radius 3 is 2.80 bits per heavy atom. The number of aliphatic carboxylic acids is 1. The monoisotopic (exact) mass is 342 g/mol. The molecule has 0 aliphatic rings. The summed E-state index contributed by atoms with van der Waals surface area (Å²) in [6.45, 7) is 3.62. The molecule has 3 rings (SSSR count). The van der Waals surface area contributed by atoms with Crippen molar-refractivity contribution in [3.05, 3.63) is 45.1 Å². The predicted octanol–water partition coefficient (Wildman–Crippen LogP) is -0.186. The maximum absolute atomic E-state index is 12.2. The van der Waals surface area contributed by atoms with Crippen molar-refractivity contribution in [3.63, 3.8) is 0 Å². The zero-order chi connectivity index (χ0) is 18.0. The van der Waals surface area contributed by atoms with E-state index in [1.807, 2.05) is 0 Å². The number of benzene rings is 1. The van der Waals surface area contributed by atoms with Crippen molar-refractivity contribution in [2.24, 2.45) is 0 Å². The highest BCUT2D eigenvalue weighted by Gasteiger charge is 2.15. The van der Waals surface area contributed by atoms with Crippen LogP contribution in [0.4, 0.5) is 0 Å². The topological polar surface area (TPSA) is 132 Å². The predicted molar refractivity (Wildman–Crippen MR) is 82.8 cm³/mol. The second kappa shape index (κ2) is 6.71. The Labute approximate surface area is 141 Å². The Morgan fingerprint density at radius 1 is 1.32 bits per heavy atom. The number of carbonyl (C=O) groups excluding carboxylic acids is 1. The number of aryl methyl sites for hydroxylation is 2. The average molecular weight is 342 g/mol. The number of tetrazole rings is 1. The molecule has 0 radical (unpaired) electrons. The van der Waals surface area contributed by atoms with Gasteiger partial charge in [-0.3, -0.25) is 10.3 Å². The van der Waals surface area contributed by atoms with Gasteiger partial charge in [0.1, 0.15) is 17.9 Å². The van der Waals surface area contributed by atoms with Gasteiger partial charge in [-0.05, 0) is 44.4 Å². The Kier molecular flexibility index (Phi) is 4.46. The fourth-order valence-electron chi connectivity index (χ4n) is 2.61. The van der Waals surface area contributed by atoms with Crippen LogP contribution in [-0.4, -0.2) is 21.5 Å². The fourth-order valence-corrected chi connectivity index (χ4v) is 2.61. The molecule has 130 valence electrons. The van der Waals surface area contributed by atoms with Crippen LogP contribution < -0.4 is 20.6 Å². The number of fused-ring (bicyclic) bond motifs is 1. The Hall–Kier alpha value is -3.23. The van der Waals surface area contributed by atoms with E-state index in [1.165, 1.54) is 0 Å². The summed E-state index contributed by atoms with van der Waals surface area (Å²) in [6.07, 6.45) is -0.170. The van der Waals surface area contributed by atoms with Crippen molar-refractivity contribution in [1.82, 2.24) is 20.6 Å². The number of carboxylic acid groups (broad SMARTS) is 1. The molecule has 9 heteroatoms. The smallest absolute Gasteiger partial charge is 0.339 e. The molecule has 0 N–H and O–H groups in total. The quantitative estimate of drug-likeness (QED) is 0.559. The van der Waals surface area contributed by atoms with E-state index in [-0.39, 0.29) is 19.4 Å². The van der Waals surface area contributed by atoms with E-state index in [1.54, 1.807) is 26.0 Å². The minimum atomic E-state index is -1.21. The first-order valence-corrected chi connectivity index (χ1v) is 7.53. The van der Waals surface area contributed by atoms with E-state index in [4.69, 9.17) is 9.15 Å². The molecule has 0 saturated heterocycles. The lowest BCUT2D eigenvalue weighted by atomic mass is 10.0. The molecule has 25 heavy (non-hydrogen) atoms. The van der Waals surface area contributed by atoms with Crippen LogP contribution >= 0.6 is 0 Å². The molecule has 1 aromatic carbocycles. The summed E-state index contributed by atoms with van der Waals surface area (Å²) in [5.74, 6) is -0.352. The van der Waals surface area contributed by atoms with Crippen LogP contribution in [0.15, 0.2) is 21.3 Å². The van der Waals surface area contributed by atoms with Gasteiger partial charge in [0.15, 0.2) is 0 Å². The first-order chi connectivity index (χ1) is 12.0. The average Bonchev–Trinajstić information content (AvgIpc) is 3.08. The van der Waals surface area contributed by atoms with Crippen LogP contribution in [0.1, 0.15) is 28.9 Å². The van der Waals surface area contributed by atoms with E-state index in [9.17, 15) is 14.7 Å². The van der Waals surface area contributed by atoms with E-state index >= 15 is 0 Å². The van der Waals surface area contributed by atoms with Crippen LogP contribution in [0.25, 0.3) is 11.0 Å². The highest BCUT2D eigenvalue weighted by Crippen LogP contribution is 2.30. The third kappa shape index (κ3) is 3.35. The molecule has 2 heterocycles. The summed E-state index contributed by atoms with van der Waals surface area (Å²) in [5, 5.41) is 25.5. The van der Waals surface area contributed by atoms with E-state index in [0.717, 1.165) is 5.39 Å². The molecule has 0 spiro atoms. The number of carbonyl (C=O) groups is 1. The van der Waals surface area contributed by atoms with Gasteiger partial charge in [-0.25, -0.2) is 4.79 Å². The highest BCUT2D eigenvalue weighted by atomic mass is 16.5. The molecule has 0 aliphatic heterocycles. The standard InChI is InChI=1S/C16H16N4O5/c1-8-10-3-5-12(24-7-13-17-19-20-18-13)9(2)15(10)25-16(23)11(8)4-6-14(21)22/h3,5H,4,6-7H2,1-2H3,(H2,17,18,19,20,21,22)/p-2. The molecule has 0 aliphatic carbocycles. The van der Waals surface area contributed by atoms with Gasteiger partial charge in [0, 0.05) is 28.3 Å². The van der Waals surface area contributed by atoms with E-state index < -0.39 is 11.6 Å². The largest absolute Gasteiger partial charge is 0.550 e. The highest BCUT2D eigenvalue weighted by molar-refractivity contribution is 5.85. The molecule has 0 saturated carbocycles. The van der Waals surface area contributed by atoms with Gasteiger partial charge in [0.05, 0.1) is 0 Å². The van der Waals surface area contributed by atoms with Gasteiger partial charge >= 0.3 is 5.63 Å². The summed E-state index contributed by atoms with van der Waals surface area (Å²) in [6, 6.07) is 3.51. The molecule has 0 unspecified atom stereocenters. The first kappa shape index (κ1) is 16.6. The zero-order valence-electron chi connectivity index (χ0n) is 13.6. The summed E-state index contributed by atoms with van der Waals surface area (Å²) >= 11 is 0. The van der Waals surface area contributed by atoms with Crippen molar-refractivity contribution >= 4 is 16.9 Å². The fraction of sp³-hybridized carbons (Fsp3) is 0.312. The summed E-state index contributed by atoms with van der Waals surface area (Å²) in [5.41, 5.74) is 1.52. The summed E-state index contributed by atoms with van der Waals surface area (Å²) in [7, 11) is 0. The van der Waals surface area contributed by atoms with E-state index in [2.05, 4.69) is 20.6 Å². The molecule has 3 aromatic rings. The molecule has 0 amide bonds. The van der Waals surface area contributed by atoms with Gasteiger partial charge in [-0.2, -0.15) is 5.21 Å². The second-order valence-corrected chi connectivity index (χ2v) is 5.51. The number of hydrogen-bond acceptors (Lipinski definition) is 8. The van der Waals surface area contributed by atoms with Gasteiger partial charge in [-0.15, -0.1) is 0 Å². The van der Waals surface area contributed by atoms with Crippen molar-refractivity contribution in [1.29, 1.82) is 0 Å². The van der Waals surface area contributed by atoms with Crippen LogP contribution in [0.2, 0.25) is 0 Å². The normalized spacial score (nSPS) is 11.0. The zero-order valence-corrected chi connectivity index (χ0v) is 13.6. The Bertz CT molecular complexity index is 978. The summed E-state index contributed by atoms with van der Waals surface area (Å²) in [4.78, 5) is 22.9. The number of ether oxygens (including phenoxy) is 1. The Balaban J connectivity index is 1.97. The summed E-state index contributed by atoms with van der Waals surface area (Å²) < 4.78 is 11.0. The Morgan fingerprint density at radius 2 is 2.12 bits per heavy atom. The molecule has 0 fully saturated rings. The van der Waals surface area contributed by atoms with Gasteiger partial charge in [-0.1, -0.05) is 0 Å². The van der Waals surface area contributed by atoms with Crippen LogP contribution in [0.3, 0.4) is 0 Å². The van der Waals surface area contributed by atoms with Crippen LogP contribution in [0.5, 0.6) is 5.75 Å². The molecule has 2 aromatic heterocycles. The third-order valence-corrected chi connectivity index (χ3v) is 3.95. The SMILES string of the molecule is Cc1c(CCC(=O)[O-])c(=O)oc2c(C)c(OCc3nnn[n-]3)ccc12. The molecule has 0 bridgehead atoms. The lowest BCUT2D eigenvalue weighted by molar-refractivity contribution is -0.305. The van der Waals surface area contributed by atoms with Gasteiger partial charge in [0.25, 0.3) is 0 Å². The maximum atomic E-state index is 12.2. The molecular weight excluding hydrogens is 328 g/mol. The van der Waals surface area contributed by atoms with Gasteiger partial charge in [0.2, 0.25) is 0 Å². The number of nitrogens with zero attached hydrogens (tertiary/aromatic N) is 4. The number of carboxylic acids is 1. The lowest BCUT2D eigenvalue weighted by Gasteiger charge is -2.13. The number of aromatic nitrogens is 4. The van der Waals surface area contributed by atoms with Crippen LogP contribution in [0, 0.1) is 13.8 Å². The third-order valence-electron chi connectivity index (χ3n) is 3.95. The van der Waals surface area contributed by atoms with Gasteiger partial charge < -0.3 is 24.2 Å².